The summed E-state index contributed by atoms with van der Waals surface area (Å²) in [6.45, 7) is 3.62. The highest BCUT2D eigenvalue weighted by molar-refractivity contribution is 6.30. The van der Waals surface area contributed by atoms with Crippen LogP contribution in [0.15, 0.2) is 24.3 Å². The van der Waals surface area contributed by atoms with E-state index in [0.717, 1.165) is 4.57 Å². The van der Waals surface area contributed by atoms with E-state index >= 15 is 0 Å². The Kier molecular flexibility index (Phi) is 10.1. The minimum Gasteiger partial charge on any atom is -0.492 e. The van der Waals surface area contributed by atoms with Crippen molar-refractivity contribution in [3.05, 3.63) is 46.5 Å². The van der Waals surface area contributed by atoms with Crippen molar-refractivity contribution in [1.29, 1.82) is 0 Å². The maximum atomic E-state index is 14.0. The Bertz CT molecular complexity index is 1180. The topological polar surface area (TPSA) is 103 Å². The minimum atomic E-state index is -2.95. The molecule has 1 aliphatic carbocycles. The SMILES string of the molecule is COC(C)(C)C#Cc1nc(C(F)F)n(CCOc2ccc(Cl)cc2)c1C(=O)NCC1CCC(C(=O)O)CC1. The average molecular weight is 552 g/mol. The molecule has 2 N–H and O–H groups in total. The van der Waals surface area contributed by atoms with Crippen molar-refractivity contribution in [1.82, 2.24) is 14.9 Å². The lowest BCUT2D eigenvalue weighted by Crippen LogP contribution is -2.34. The number of carboxylic acids is 1. The molecule has 1 saturated carbocycles. The molecule has 1 aromatic carbocycles. The van der Waals surface area contributed by atoms with Gasteiger partial charge in [0.1, 0.15) is 29.3 Å². The first-order chi connectivity index (χ1) is 18.0. The summed E-state index contributed by atoms with van der Waals surface area (Å²) in [5.41, 5.74) is -1.05. The molecule has 0 unspecified atom stereocenters. The largest absolute Gasteiger partial charge is 0.492 e. The van der Waals surface area contributed by atoms with Gasteiger partial charge in [0, 0.05) is 18.7 Å². The van der Waals surface area contributed by atoms with E-state index in [1.165, 1.54) is 7.11 Å². The standard InChI is InChI=1S/C27H32ClF2N3O5/c1-27(2,37-3)13-12-21-22(25(34)31-16-17-4-6-18(7-5-17)26(35)36)33(24(32-21)23(29)30)14-15-38-20-10-8-19(28)9-11-20/h8-11,17-18,23H,4-7,14-16H2,1-3H3,(H,31,34)(H,35,36). The zero-order valence-corrected chi connectivity index (χ0v) is 22.4. The number of amides is 1. The first kappa shape index (κ1) is 29.4. The Morgan fingerprint density at radius 2 is 1.89 bits per heavy atom. The number of halogens is 3. The van der Waals surface area contributed by atoms with Crippen molar-refractivity contribution in [3.63, 3.8) is 0 Å². The van der Waals surface area contributed by atoms with Crippen molar-refractivity contribution in [2.24, 2.45) is 11.8 Å². The molecule has 38 heavy (non-hydrogen) atoms. The number of aliphatic carboxylic acids is 1. The Morgan fingerprint density at radius 1 is 1.24 bits per heavy atom. The predicted octanol–water partition coefficient (Wildman–Crippen LogP) is 4.95. The summed E-state index contributed by atoms with van der Waals surface area (Å²) in [5.74, 6) is 3.82. The van der Waals surface area contributed by atoms with Crippen molar-refractivity contribution >= 4 is 23.5 Å². The molecule has 1 fully saturated rings. The van der Waals surface area contributed by atoms with Gasteiger partial charge >= 0.3 is 5.97 Å². The number of methoxy groups -OCH3 is 1. The molecular weight excluding hydrogens is 520 g/mol. The molecule has 11 heteroatoms. The monoisotopic (exact) mass is 551 g/mol. The number of hydrogen-bond donors (Lipinski definition) is 2. The maximum absolute atomic E-state index is 14.0. The van der Waals surface area contributed by atoms with Gasteiger partial charge < -0.3 is 24.5 Å². The van der Waals surface area contributed by atoms with Gasteiger partial charge in [-0.15, -0.1) is 0 Å². The van der Waals surface area contributed by atoms with E-state index in [-0.39, 0.29) is 42.9 Å². The first-order valence-corrected chi connectivity index (χ1v) is 12.7. The van der Waals surface area contributed by atoms with Crippen LogP contribution in [-0.2, 0) is 16.1 Å². The first-order valence-electron chi connectivity index (χ1n) is 12.4. The number of benzene rings is 1. The van der Waals surface area contributed by atoms with Crippen molar-refractivity contribution in [2.45, 2.75) is 58.1 Å². The summed E-state index contributed by atoms with van der Waals surface area (Å²) < 4.78 is 40.1. The molecule has 0 radical (unpaired) electrons. The van der Waals surface area contributed by atoms with E-state index in [0.29, 0.717) is 36.5 Å². The number of rotatable bonds is 10. The van der Waals surface area contributed by atoms with Crippen molar-refractivity contribution in [3.8, 4) is 17.6 Å². The molecule has 1 aromatic heterocycles. The van der Waals surface area contributed by atoms with Gasteiger partial charge in [-0.3, -0.25) is 9.59 Å². The fourth-order valence-corrected chi connectivity index (χ4v) is 4.29. The second-order valence-corrected chi connectivity index (χ2v) is 10.1. The third-order valence-electron chi connectivity index (χ3n) is 6.54. The lowest BCUT2D eigenvalue weighted by molar-refractivity contribution is -0.143. The van der Waals surface area contributed by atoms with E-state index in [4.69, 9.17) is 21.1 Å². The van der Waals surface area contributed by atoms with E-state index in [1.54, 1.807) is 38.1 Å². The van der Waals surface area contributed by atoms with Gasteiger partial charge in [0.2, 0.25) is 0 Å². The van der Waals surface area contributed by atoms with E-state index in [2.05, 4.69) is 22.1 Å². The van der Waals surface area contributed by atoms with Crippen molar-refractivity contribution < 1.29 is 33.0 Å². The lowest BCUT2D eigenvalue weighted by atomic mass is 9.82. The van der Waals surface area contributed by atoms with Crippen LogP contribution in [0.5, 0.6) is 5.75 Å². The van der Waals surface area contributed by atoms with Crippen LogP contribution in [0.1, 0.15) is 68.0 Å². The molecule has 0 bridgehead atoms. The summed E-state index contributed by atoms with van der Waals surface area (Å²) in [6.07, 6.45) is -0.567. The molecular formula is C27H32ClF2N3O5. The highest BCUT2D eigenvalue weighted by atomic mass is 35.5. The molecule has 2 aromatic rings. The fourth-order valence-electron chi connectivity index (χ4n) is 4.16. The van der Waals surface area contributed by atoms with Gasteiger partial charge in [0.05, 0.1) is 12.5 Å². The number of carboxylic acid groups (broad SMARTS) is 1. The highest BCUT2D eigenvalue weighted by Gasteiger charge is 2.29. The normalized spacial score (nSPS) is 17.6. The Balaban J connectivity index is 1.84. The maximum Gasteiger partial charge on any atom is 0.306 e. The number of imidazole rings is 1. The Labute approximate surface area is 225 Å². The van der Waals surface area contributed by atoms with Crippen LogP contribution < -0.4 is 10.1 Å². The van der Waals surface area contributed by atoms with Crippen LogP contribution in [0.2, 0.25) is 5.02 Å². The van der Waals surface area contributed by atoms with Gasteiger partial charge in [0.25, 0.3) is 12.3 Å². The predicted molar refractivity (Wildman–Crippen MR) is 138 cm³/mol. The molecule has 0 saturated heterocycles. The van der Waals surface area contributed by atoms with E-state index in [9.17, 15) is 23.5 Å². The number of carbonyl (C=O) groups excluding carboxylic acids is 1. The van der Waals surface area contributed by atoms with Crippen LogP contribution >= 0.6 is 11.6 Å². The van der Waals surface area contributed by atoms with E-state index in [1.807, 2.05) is 0 Å². The number of hydrogen-bond acceptors (Lipinski definition) is 5. The van der Waals surface area contributed by atoms with Gasteiger partial charge in [-0.2, -0.15) is 0 Å². The molecule has 0 atom stereocenters. The fraction of sp³-hybridized carbons (Fsp3) is 0.519. The molecule has 0 aliphatic heterocycles. The van der Waals surface area contributed by atoms with Crippen LogP contribution in [-0.4, -0.2) is 52.4 Å². The van der Waals surface area contributed by atoms with Crippen LogP contribution in [0.4, 0.5) is 8.78 Å². The number of aromatic nitrogens is 2. The molecule has 0 spiro atoms. The minimum absolute atomic E-state index is 0.00632. The zero-order chi connectivity index (χ0) is 27.9. The summed E-state index contributed by atoms with van der Waals surface area (Å²) in [4.78, 5) is 28.6. The molecule has 1 heterocycles. The van der Waals surface area contributed by atoms with Gasteiger partial charge in [-0.05, 0) is 75.6 Å². The van der Waals surface area contributed by atoms with Crippen LogP contribution in [0.25, 0.3) is 0 Å². The molecule has 206 valence electrons. The highest BCUT2D eigenvalue weighted by Crippen LogP contribution is 2.29. The number of ether oxygens (including phenoxy) is 2. The number of alkyl halides is 2. The summed E-state index contributed by atoms with van der Waals surface area (Å²) in [7, 11) is 1.47. The molecule has 3 rings (SSSR count). The van der Waals surface area contributed by atoms with Crippen molar-refractivity contribution in [2.75, 3.05) is 20.3 Å². The molecule has 1 aliphatic rings. The average Bonchev–Trinajstić information content (AvgIpc) is 3.26. The van der Waals surface area contributed by atoms with Crippen LogP contribution in [0.3, 0.4) is 0 Å². The molecule has 8 nitrogen and oxygen atoms in total. The number of nitrogens with zero attached hydrogens (tertiary/aromatic N) is 2. The second-order valence-electron chi connectivity index (χ2n) is 9.65. The smallest absolute Gasteiger partial charge is 0.306 e. The van der Waals surface area contributed by atoms with Gasteiger partial charge in [-0.25, -0.2) is 13.8 Å². The number of carbonyl (C=O) groups is 2. The van der Waals surface area contributed by atoms with Gasteiger partial charge in [0.15, 0.2) is 5.82 Å². The van der Waals surface area contributed by atoms with Crippen LogP contribution in [0, 0.1) is 23.7 Å². The second kappa shape index (κ2) is 13.1. The van der Waals surface area contributed by atoms with E-state index < -0.39 is 29.7 Å². The third-order valence-corrected chi connectivity index (χ3v) is 6.80. The zero-order valence-electron chi connectivity index (χ0n) is 21.6. The van der Waals surface area contributed by atoms with Gasteiger partial charge in [-0.1, -0.05) is 17.5 Å². The quantitative estimate of drug-likeness (QED) is 0.405. The lowest BCUT2D eigenvalue weighted by Gasteiger charge is -2.26. The Morgan fingerprint density at radius 3 is 2.47 bits per heavy atom. The molecule has 1 amide bonds. The number of nitrogens with one attached hydrogen (secondary N) is 1. The Hall–Kier alpha value is -3.16. The summed E-state index contributed by atoms with van der Waals surface area (Å²) in [5, 5.41) is 12.6. The summed E-state index contributed by atoms with van der Waals surface area (Å²) >= 11 is 5.89. The summed E-state index contributed by atoms with van der Waals surface area (Å²) in [6, 6.07) is 6.60. The third kappa shape index (κ3) is 7.92.